The number of carbonyl (C=O) groups is 1. The number of rotatable bonds is 3. The lowest BCUT2D eigenvalue weighted by atomic mass is 10.1. The van der Waals surface area contributed by atoms with Gasteiger partial charge < -0.3 is 5.32 Å². The highest BCUT2D eigenvalue weighted by molar-refractivity contribution is 6.30. The first-order chi connectivity index (χ1) is 9.63. The van der Waals surface area contributed by atoms with E-state index >= 15 is 0 Å². The van der Waals surface area contributed by atoms with Gasteiger partial charge in [-0.15, -0.1) is 0 Å². The third kappa shape index (κ3) is 2.56. The number of carbonyl (C=O) groups excluding carboxylic acids is 1. The Morgan fingerprint density at radius 2 is 2.10 bits per heavy atom. The standard InChI is InChI=1S/C15H16ClN3O/c1-19-15(12-3-2-4-13(12)18-19)17-14(20)9-10-5-7-11(16)8-6-10/h5-8H,2-4,9H2,1H3,(H,17,20). The molecule has 0 aliphatic heterocycles. The third-order valence-electron chi connectivity index (χ3n) is 3.60. The van der Waals surface area contributed by atoms with Gasteiger partial charge in [0.1, 0.15) is 5.82 Å². The Labute approximate surface area is 122 Å². The zero-order valence-electron chi connectivity index (χ0n) is 11.3. The molecular weight excluding hydrogens is 274 g/mol. The van der Waals surface area contributed by atoms with Crippen LogP contribution in [-0.4, -0.2) is 15.7 Å². The summed E-state index contributed by atoms with van der Waals surface area (Å²) in [5, 5.41) is 8.11. The average Bonchev–Trinajstić information content (AvgIpc) is 2.96. The number of benzene rings is 1. The Bertz CT molecular complexity index is 646. The van der Waals surface area contributed by atoms with Gasteiger partial charge in [0.2, 0.25) is 5.91 Å². The van der Waals surface area contributed by atoms with E-state index in [1.807, 2.05) is 19.2 Å². The van der Waals surface area contributed by atoms with Crippen molar-refractivity contribution < 1.29 is 4.79 Å². The molecular formula is C15H16ClN3O. The van der Waals surface area contributed by atoms with Crippen molar-refractivity contribution >= 4 is 23.3 Å². The summed E-state index contributed by atoms with van der Waals surface area (Å²) in [4.78, 5) is 12.1. The Morgan fingerprint density at radius 1 is 1.35 bits per heavy atom. The number of aryl methyl sites for hydroxylation is 2. The smallest absolute Gasteiger partial charge is 0.229 e. The second-order valence-electron chi connectivity index (χ2n) is 5.10. The molecule has 104 valence electrons. The number of amides is 1. The first-order valence-corrected chi connectivity index (χ1v) is 7.10. The summed E-state index contributed by atoms with van der Waals surface area (Å²) >= 11 is 5.84. The van der Waals surface area contributed by atoms with Gasteiger partial charge in [0.25, 0.3) is 0 Å². The number of nitrogens with zero attached hydrogens (tertiary/aromatic N) is 2. The molecule has 0 fully saturated rings. The highest BCUT2D eigenvalue weighted by Crippen LogP contribution is 2.28. The Hall–Kier alpha value is -1.81. The Balaban J connectivity index is 1.72. The minimum absolute atomic E-state index is 0.0231. The maximum Gasteiger partial charge on any atom is 0.229 e. The second-order valence-corrected chi connectivity index (χ2v) is 5.54. The molecule has 0 radical (unpaired) electrons. The summed E-state index contributed by atoms with van der Waals surface area (Å²) in [5.41, 5.74) is 3.26. The van der Waals surface area contributed by atoms with E-state index in [4.69, 9.17) is 11.6 Å². The molecule has 1 aromatic carbocycles. The summed E-state index contributed by atoms with van der Waals surface area (Å²) in [6, 6.07) is 7.34. The molecule has 0 bridgehead atoms. The molecule has 3 rings (SSSR count). The van der Waals surface area contributed by atoms with E-state index in [1.165, 1.54) is 5.56 Å². The van der Waals surface area contributed by atoms with Crippen LogP contribution in [0.5, 0.6) is 0 Å². The highest BCUT2D eigenvalue weighted by Gasteiger charge is 2.21. The van der Waals surface area contributed by atoms with Crippen LogP contribution in [0.4, 0.5) is 5.82 Å². The van der Waals surface area contributed by atoms with Crippen molar-refractivity contribution in [2.75, 3.05) is 5.32 Å². The van der Waals surface area contributed by atoms with E-state index in [9.17, 15) is 4.79 Å². The quantitative estimate of drug-likeness (QED) is 0.944. The average molecular weight is 290 g/mol. The predicted molar refractivity (Wildman–Crippen MR) is 79.0 cm³/mol. The molecule has 0 saturated heterocycles. The molecule has 1 heterocycles. The van der Waals surface area contributed by atoms with Gasteiger partial charge in [-0.05, 0) is 37.0 Å². The van der Waals surface area contributed by atoms with Crippen molar-refractivity contribution in [3.63, 3.8) is 0 Å². The number of aromatic nitrogens is 2. The molecule has 1 amide bonds. The number of hydrogen-bond acceptors (Lipinski definition) is 2. The normalized spacial score (nSPS) is 13.3. The largest absolute Gasteiger partial charge is 0.310 e. The first kappa shape index (κ1) is 13.2. The summed E-state index contributed by atoms with van der Waals surface area (Å²) in [6.07, 6.45) is 3.48. The van der Waals surface area contributed by atoms with Gasteiger partial charge in [-0.3, -0.25) is 9.48 Å². The fourth-order valence-electron chi connectivity index (χ4n) is 2.64. The summed E-state index contributed by atoms with van der Waals surface area (Å²) in [7, 11) is 1.87. The molecule has 0 spiro atoms. The van der Waals surface area contributed by atoms with Crippen LogP contribution in [-0.2, 0) is 31.1 Å². The number of hydrogen-bond donors (Lipinski definition) is 1. The van der Waals surface area contributed by atoms with E-state index in [0.717, 1.165) is 36.3 Å². The number of nitrogens with one attached hydrogen (secondary N) is 1. The summed E-state index contributed by atoms with van der Waals surface area (Å²) in [5.74, 6) is 0.821. The summed E-state index contributed by atoms with van der Waals surface area (Å²) < 4.78 is 1.77. The predicted octanol–water partition coefficient (Wildman–Crippen LogP) is 2.74. The minimum atomic E-state index is -0.0231. The second kappa shape index (κ2) is 5.29. The Morgan fingerprint density at radius 3 is 2.85 bits per heavy atom. The van der Waals surface area contributed by atoms with Crippen LogP contribution < -0.4 is 5.32 Å². The van der Waals surface area contributed by atoms with Gasteiger partial charge in [-0.1, -0.05) is 23.7 Å². The minimum Gasteiger partial charge on any atom is -0.310 e. The molecule has 0 atom stereocenters. The lowest BCUT2D eigenvalue weighted by Gasteiger charge is -2.07. The van der Waals surface area contributed by atoms with Gasteiger partial charge in [-0.2, -0.15) is 5.10 Å². The monoisotopic (exact) mass is 289 g/mol. The number of anilines is 1. The van der Waals surface area contributed by atoms with Crippen molar-refractivity contribution in [1.82, 2.24) is 9.78 Å². The van der Waals surface area contributed by atoms with Gasteiger partial charge in [0.15, 0.2) is 0 Å². The third-order valence-corrected chi connectivity index (χ3v) is 3.86. The molecule has 1 aliphatic rings. The van der Waals surface area contributed by atoms with Gasteiger partial charge in [-0.25, -0.2) is 0 Å². The van der Waals surface area contributed by atoms with E-state index in [1.54, 1.807) is 16.8 Å². The van der Waals surface area contributed by atoms with Crippen LogP contribution in [0.25, 0.3) is 0 Å². The molecule has 4 nitrogen and oxygen atoms in total. The zero-order chi connectivity index (χ0) is 14.1. The van der Waals surface area contributed by atoms with Crippen molar-refractivity contribution in [2.24, 2.45) is 7.05 Å². The SMILES string of the molecule is Cn1nc2c(c1NC(=O)Cc1ccc(Cl)cc1)CCC2. The molecule has 0 saturated carbocycles. The highest BCUT2D eigenvalue weighted by atomic mass is 35.5. The molecule has 20 heavy (non-hydrogen) atoms. The van der Waals surface area contributed by atoms with Crippen LogP contribution in [0, 0.1) is 0 Å². The number of halogens is 1. The molecule has 1 aliphatic carbocycles. The Kier molecular flexibility index (Phi) is 3.49. The zero-order valence-corrected chi connectivity index (χ0v) is 12.1. The van der Waals surface area contributed by atoms with Crippen molar-refractivity contribution in [3.05, 3.63) is 46.1 Å². The summed E-state index contributed by atoms with van der Waals surface area (Å²) in [6.45, 7) is 0. The van der Waals surface area contributed by atoms with E-state index in [-0.39, 0.29) is 5.91 Å². The van der Waals surface area contributed by atoms with Crippen molar-refractivity contribution in [3.8, 4) is 0 Å². The van der Waals surface area contributed by atoms with Gasteiger partial charge in [0, 0.05) is 17.6 Å². The van der Waals surface area contributed by atoms with Crippen molar-refractivity contribution in [1.29, 1.82) is 0 Å². The van der Waals surface area contributed by atoms with Crippen LogP contribution in [0.1, 0.15) is 23.2 Å². The van der Waals surface area contributed by atoms with E-state index < -0.39 is 0 Å². The van der Waals surface area contributed by atoms with Gasteiger partial charge in [0.05, 0.1) is 12.1 Å². The van der Waals surface area contributed by atoms with E-state index in [2.05, 4.69) is 10.4 Å². The van der Waals surface area contributed by atoms with Crippen molar-refractivity contribution in [2.45, 2.75) is 25.7 Å². The molecule has 1 aromatic heterocycles. The first-order valence-electron chi connectivity index (χ1n) is 6.72. The lowest BCUT2D eigenvalue weighted by molar-refractivity contribution is -0.115. The number of fused-ring (bicyclic) bond motifs is 1. The molecule has 1 N–H and O–H groups in total. The topological polar surface area (TPSA) is 46.9 Å². The lowest BCUT2D eigenvalue weighted by Crippen LogP contribution is -2.17. The van der Waals surface area contributed by atoms with Gasteiger partial charge >= 0.3 is 0 Å². The van der Waals surface area contributed by atoms with E-state index in [0.29, 0.717) is 11.4 Å². The van der Waals surface area contributed by atoms with Crippen LogP contribution in [0.2, 0.25) is 5.02 Å². The molecule has 0 unspecified atom stereocenters. The van der Waals surface area contributed by atoms with Crippen LogP contribution in [0.15, 0.2) is 24.3 Å². The fraction of sp³-hybridized carbons (Fsp3) is 0.333. The maximum absolute atomic E-state index is 12.1. The molecule has 2 aromatic rings. The van der Waals surface area contributed by atoms with Crippen LogP contribution in [0.3, 0.4) is 0 Å². The molecule has 5 heteroatoms. The maximum atomic E-state index is 12.1. The van der Waals surface area contributed by atoms with Crippen LogP contribution >= 0.6 is 11.6 Å². The fourth-order valence-corrected chi connectivity index (χ4v) is 2.77.